The van der Waals surface area contributed by atoms with Crippen LogP contribution in [0.5, 0.6) is 0 Å². The van der Waals surface area contributed by atoms with Crippen LogP contribution in [0.15, 0.2) is 70.9 Å². The molecule has 6 heteroatoms. The highest BCUT2D eigenvalue weighted by Crippen LogP contribution is 2.40. The first-order valence-electron chi connectivity index (χ1n) is 10.4. The van der Waals surface area contributed by atoms with E-state index in [2.05, 4.69) is 0 Å². The fraction of sp³-hybridized carbons (Fsp3) is 0.280. The molecule has 0 bridgehead atoms. The number of nitrogens with zero attached hydrogens (tertiary/aromatic N) is 1. The van der Waals surface area contributed by atoms with Gasteiger partial charge in [0.2, 0.25) is 0 Å². The first-order valence-corrected chi connectivity index (χ1v) is 10.4. The highest BCUT2D eigenvalue weighted by Gasteiger charge is 2.47. The van der Waals surface area contributed by atoms with Gasteiger partial charge in [-0.3, -0.25) is 9.59 Å². The number of carbonyl (C=O) groups excluding carboxylic acids is 2. The second-order valence-electron chi connectivity index (χ2n) is 7.81. The minimum atomic E-state index is -0.784. The third-order valence-corrected chi connectivity index (χ3v) is 5.39. The molecule has 1 aliphatic heterocycles. The van der Waals surface area contributed by atoms with Crippen LogP contribution in [0.1, 0.15) is 37.6 Å². The van der Waals surface area contributed by atoms with Crippen molar-refractivity contribution < 1.29 is 23.8 Å². The standard InChI is InChI=1S/C25H25NO5/c1-16(2)30-15-7-13-26-22(20-12-6-14-31-20)21(24(28)25(26)29)23(27)19-11-5-9-17-8-3-4-10-18(17)19/h3-6,8-12,14,16,22,27H,7,13,15H2,1-2H3/b23-21-. The Morgan fingerprint density at radius 3 is 2.61 bits per heavy atom. The van der Waals surface area contributed by atoms with Crippen LogP contribution in [-0.4, -0.2) is 41.0 Å². The number of rotatable bonds is 7. The summed E-state index contributed by atoms with van der Waals surface area (Å²) in [5.41, 5.74) is 0.553. The molecule has 6 nitrogen and oxygen atoms in total. The van der Waals surface area contributed by atoms with Crippen molar-refractivity contribution in [2.24, 2.45) is 0 Å². The molecule has 1 unspecified atom stereocenters. The lowest BCUT2D eigenvalue weighted by molar-refractivity contribution is -0.140. The maximum Gasteiger partial charge on any atom is 0.295 e. The van der Waals surface area contributed by atoms with Crippen molar-refractivity contribution in [2.75, 3.05) is 13.2 Å². The number of amides is 1. The van der Waals surface area contributed by atoms with Crippen LogP contribution in [0.25, 0.3) is 16.5 Å². The third-order valence-electron chi connectivity index (χ3n) is 5.39. The number of likely N-dealkylation sites (tertiary alicyclic amines) is 1. The lowest BCUT2D eigenvalue weighted by Crippen LogP contribution is -2.31. The average molecular weight is 419 g/mol. The second kappa shape index (κ2) is 8.78. The average Bonchev–Trinajstić information content (AvgIpc) is 3.38. The Hall–Kier alpha value is -3.38. The monoisotopic (exact) mass is 419 g/mol. The van der Waals surface area contributed by atoms with Gasteiger partial charge in [0, 0.05) is 18.7 Å². The molecule has 3 aromatic rings. The van der Waals surface area contributed by atoms with Gasteiger partial charge >= 0.3 is 0 Å². The van der Waals surface area contributed by atoms with E-state index in [0.29, 0.717) is 30.9 Å². The summed E-state index contributed by atoms with van der Waals surface area (Å²) in [6.07, 6.45) is 2.15. The number of fused-ring (bicyclic) bond motifs is 1. The number of ether oxygens (including phenoxy) is 1. The molecule has 1 N–H and O–H groups in total. The summed E-state index contributed by atoms with van der Waals surface area (Å²) >= 11 is 0. The smallest absolute Gasteiger partial charge is 0.295 e. The molecular formula is C25H25NO5. The molecule has 4 rings (SSSR count). The predicted octanol–water partition coefficient (Wildman–Crippen LogP) is 4.67. The van der Waals surface area contributed by atoms with Crippen LogP contribution < -0.4 is 0 Å². The zero-order valence-corrected chi connectivity index (χ0v) is 17.6. The maximum atomic E-state index is 13.0. The van der Waals surface area contributed by atoms with E-state index >= 15 is 0 Å². The Kier molecular flexibility index (Phi) is 5.91. The first-order chi connectivity index (χ1) is 15.0. The Morgan fingerprint density at radius 2 is 1.87 bits per heavy atom. The van der Waals surface area contributed by atoms with Crippen LogP contribution in [0.2, 0.25) is 0 Å². The summed E-state index contributed by atoms with van der Waals surface area (Å²) in [6.45, 7) is 4.67. The molecule has 0 saturated carbocycles. The molecule has 31 heavy (non-hydrogen) atoms. The van der Waals surface area contributed by atoms with E-state index in [0.717, 1.165) is 10.8 Å². The lowest BCUT2D eigenvalue weighted by atomic mass is 9.96. The van der Waals surface area contributed by atoms with Crippen molar-refractivity contribution in [3.05, 3.63) is 77.8 Å². The van der Waals surface area contributed by atoms with E-state index in [9.17, 15) is 14.7 Å². The minimum Gasteiger partial charge on any atom is -0.507 e. The molecule has 1 amide bonds. The van der Waals surface area contributed by atoms with E-state index in [-0.39, 0.29) is 17.4 Å². The fourth-order valence-corrected chi connectivity index (χ4v) is 3.98. The molecule has 1 aliphatic rings. The van der Waals surface area contributed by atoms with E-state index in [1.807, 2.05) is 50.2 Å². The van der Waals surface area contributed by atoms with Gasteiger partial charge in [-0.1, -0.05) is 42.5 Å². The van der Waals surface area contributed by atoms with E-state index in [1.165, 1.54) is 11.2 Å². The van der Waals surface area contributed by atoms with Gasteiger partial charge in [-0.05, 0) is 43.2 Å². The minimum absolute atomic E-state index is 0.0427. The largest absolute Gasteiger partial charge is 0.507 e. The second-order valence-corrected chi connectivity index (χ2v) is 7.81. The Balaban J connectivity index is 1.78. The lowest BCUT2D eigenvalue weighted by Gasteiger charge is -2.23. The van der Waals surface area contributed by atoms with Crippen LogP contribution in [0.3, 0.4) is 0 Å². The van der Waals surface area contributed by atoms with Gasteiger partial charge in [-0.25, -0.2) is 0 Å². The number of Topliss-reactive ketones (excluding diaryl/α,β-unsaturated/α-hetero) is 1. The molecule has 160 valence electrons. The summed E-state index contributed by atoms with van der Waals surface area (Å²) < 4.78 is 11.1. The molecular weight excluding hydrogens is 394 g/mol. The number of hydrogen-bond acceptors (Lipinski definition) is 5. The molecule has 0 aliphatic carbocycles. The van der Waals surface area contributed by atoms with Gasteiger partial charge in [0.15, 0.2) is 0 Å². The van der Waals surface area contributed by atoms with E-state index in [1.54, 1.807) is 18.2 Å². The van der Waals surface area contributed by atoms with Gasteiger partial charge in [0.25, 0.3) is 11.7 Å². The Morgan fingerprint density at radius 1 is 1.10 bits per heavy atom. The van der Waals surface area contributed by atoms with Gasteiger partial charge in [0.1, 0.15) is 17.6 Å². The van der Waals surface area contributed by atoms with Gasteiger partial charge in [0.05, 0.1) is 17.9 Å². The van der Waals surface area contributed by atoms with Crippen LogP contribution in [0.4, 0.5) is 0 Å². The van der Waals surface area contributed by atoms with E-state index in [4.69, 9.17) is 9.15 Å². The van der Waals surface area contributed by atoms with Crippen LogP contribution >= 0.6 is 0 Å². The number of aliphatic hydroxyl groups is 1. The van der Waals surface area contributed by atoms with E-state index < -0.39 is 17.7 Å². The molecule has 2 heterocycles. The molecule has 2 aromatic carbocycles. The van der Waals surface area contributed by atoms with Crippen LogP contribution in [0, 0.1) is 0 Å². The first kappa shape index (κ1) is 20.9. The summed E-state index contributed by atoms with van der Waals surface area (Å²) in [5.74, 6) is -1.12. The zero-order valence-electron chi connectivity index (χ0n) is 17.6. The number of aliphatic hydroxyl groups excluding tert-OH is 1. The van der Waals surface area contributed by atoms with Crippen molar-refractivity contribution >= 4 is 28.2 Å². The highest BCUT2D eigenvalue weighted by atomic mass is 16.5. The third kappa shape index (κ3) is 3.99. The van der Waals surface area contributed by atoms with Gasteiger partial charge < -0.3 is 19.2 Å². The molecule has 1 saturated heterocycles. The Bertz CT molecular complexity index is 1120. The molecule has 1 fully saturated rings. The summed E-state index contributed by atoms with van der Waals surface area (Å²) in [5, 5.41) is 13.0. The Labute approximate surface area is 180 Å². The molecule has 0 radical (unpaired) electrons. The van der Waals surface area contributed by atoms with Crippen molar-refractivity contribution in [3.8, 4) is 0 Å². The normalized spacial score (nSPS) is 18.4. The topological polar surface area (TPSA) is 80.0 Å². The molecule has 1 aromatic heterocycles. The number of carbonyl (C=O) groups is 2. The van der Waals surface area contributed by atoms with Crippen molar-refractivity contribution in [2.45, 2.75) is 32.4 Å². The number of furan rings is 1. The number of hydrogen-bond donors (Lipinski definition) is 1. The fourth-order valence-electron chi connectivity index (χ4n) is 3.98. The summed E-state index contributed by atoms with van der Waals surface area (Å²) in [7, 11) is 0. The number of benzene rings is 2. The molecule has 0 spiro atoms. The van der Waals surface area contributed by atoms with Crippen LogP contribution in [-0.2, 0) is 14.3 Å². The predicted molar refractivity (Wildman–Crippen MR) is 117 cm³/mol. The molecule has 1 atom stereocenters. The van der Waals surface area contributed by atoms with Gasteiger partial charge in [-0.15, -0.1) is 0 Å². The summed E-state index contributed by atoms with van der Waals surface area (Å²) in [6, 6.07) is 15.7. The summed E-state index contributed by atoms with van der Waals surface area (Å²) in [4.78, 5) is 27.4. The van der Waals surface area contributed by atoms with Crippen molar-refractivity contribution in [1.82, 2.24) is 4.90 Å². The number of ketones is 1. The maximum absolute atomic E-state index is 13.0. The SMILES string of the molecule is CC(C)OCCCN1C(=O)C(=O)/C(=C(\O)c2cccc3ccccc23)C1c1ccco1. The van der Waals surface area contributed by atoms with Gasteiger partial charge in [-0.2, -0.15) is 0 Å². The zero-order chi connectivity index (χ0) is 22.0. The quantitative estimate of drug-likeness (QED) is 0.261. The highest BCUT2D eigenvalue weighted by molar-refractivity contribution is 6.46. The van der Waals surface area contributed by atoms with Crippen molar-refractivity contribution in [1.29, 1.82) is 0 Å². The van der Waals surface area contributed by atoms with Crippen molar-refractivity contribution in [3.63, 3.8) is 0 Å².